The van der Waals surface area contributed by atoms with Crippen molar-refractivity contribution in [2.45, 2.75) is 19.9 Å². The largest absolute Gasteiger partial charge is 0.452 e. The molecule has 0 heterocycles. The van der Waals surface area contributed by atoms with E-state index in [4.69, 9.17) is 16.3 Å². The van der Waals surface area contributed by atoms with Crippen LogP contribution in [-0.2, 0) is 9.53 Å². The molecule has 0 aliphatic rings. The van der Waals surface area contributed by atoms with E-state index >= 15 is 0 Å². The van der Waals surface area contributed by atoms with Crippen LogP contribution < -0.4 is 5.32 Å². The molecule has 2 aromatic rings. The average Bonchev–Trinajstić information content (AvgIpc) is 2.54. The summed E-state index contributed by atoms with van der Waals surface area (Å²) in [6, 6.07) is 14.0. The molecule has 1 atom stereocenters. The number of amides is 1. The molecule has 1 amide bonds. The summed E-state index contributed by atoms with van der Waals surface area (Å²) in [6.45, 7) is 3.47. The summed E-state index contributed by atoms with van der Waals surface area (Å²) in [4.78, 5) is 23.7. The normalized spacial score (nSPS) is 11.6. The molecule has 0 saturated heterocycles. The Labute approximate surface area is 140 Å². The molecule has 5 heteroatoms. The van der Waals surface area contributed by atoms with Crippen molar-refractivity contribution in [3.63, 3.8) is 0 Å². The smallest absolute Gasteiger partial charge is 0.338 e. The summed E-state index contributed by atoms with van der Waals surface area (Å²) >= 11 is 5.83. The lowest BCUT2D eigenvalue weighted by Gasteiger charge is -2.14. The lowest BCUT2D eigenvalue weighted by atomic mass is 10.1. The van der Waals surface area contributed by atoms with Gasteiger partial charge in [-0.05, 0) is 43.7 Å². The molecule has 0 fully saturated rings. The third-order valence-corrected chi connectivity index (χ3v) is 3.62. The van der Waals surface area contributed by atoms with Crippen LogP contribution >= 0.6 is 11.6 Å². The highest BCUT2D eigenvalue weighted by molar-refractivity contribution is 6.30. The van der Waals surface area contributed by atoms with E-state index in [1.54, 1.807) is 24.3 Å². The summed E-state index contributed by atoms with van der Waals surface area (Å²) in [6.07, 6.45) is 0. The van der Waals surface area contributed by atoms with Gasteiger partial charge in [0.2, 0.25) is 0 Å². The second kappa shape index (κ2) is 7.79. The zero-order valence-electron chi connectivity index (χ0n) is 13.0. The molecular weight excluding hydrogens is 314 g/mol. The number of rotatable bonds is 5. The van der Waals surface area contributed by atoms with Gasteiger partial charge in [0.15, 0.2) is 6.61 Å². The molecule has 0 radical (unpaired) electrons. The van der Waals surface area contributed by atoms with E-state index in [9.17, 15) is 9.59 Å². The van der Waals surface area contributed by atoms with Crippen LogP contribution in [0.25, 0.3) is 0 Å². The van der Waals surface area contributed by atoms with Crippen LogP contribution in [0.5, 0.6) is 0 Å². The molecule has 2 rings (SSSR count). The number of esters is 1. The van der Waals surface area contributed by atoms with Crippen LogP contribution in [0.4, 0.5) is 0 Å². The SMILES string of the molecule is Cc1ccc(C(=O)OCC(=O)N[C@H](C)c2ccc(Cl)cc2)cc1. The predicted molar refractivity (Wildman–Crippen MR) is 89.5 cm³/mol. The maximum absolute atomic E-state index is 11.9. The first-order chi connectivity index (χ1) is 11.0. The molecule has 0 bridgehead atoms. The van der Waals surface area contributed by atoms with Crippen molar-refractivity contribution >= 4 is 23.5 Å². The first-order valence-corrected chi connectivity index (χ1v) is 7.62. The number of carbonyl (C=O) groups is 2. The van der Waals surface area contributed by atoms with Gasteiger partial charge in [-0.2, -0.15) is 0 Å². The van der Waals surface area contributed by atoms with Crippen molar-refractivity contribution in [2.75, 3.05) is 6.61 Å². The number of aryl methyl sites for hydroxylation is 1. The fraction of sp³-hybridized carbons (Fsp3) is 0.222. The summed E-state index contributed by atoms with van der Waals surface area (Å²) in [5.74, 6) is -0.868. The molecule has 0 aliphatic heterocycles. The van der Waals surface area contributed by atoms with Crippen LogP contribution in [0, 0.1) is 6.92 Å². The third kappa shape index (κ3) is 5.11. The Morgan fingerprint density at radius 3 is 2.30 bits per heavy atom. The fourth-order valence-corrected chi connectivity index (χ4v) is 2.15. The number of benzene rings is 2. The van der Waals surface area contributed by atoms with E-state index in [0.717, 1.165) is 11.1 Å². The fourth-order valence-electron chi connectivity index (χ4n) is 2.02. The Balaban J connectivity index is 1.83. The summed E-state index contributed by atoms with van der Waals surface area (Å²) in [5.41, 5.74) is 2.40. The van der Waals surface area contributed by atoms with Crippen molar-refractivity contribution in [3.8, 4) is 0 Å². The van der Waals surface area contributed by atoms with E-state index in [-0.39, 0.29) is 18.6 Å². The summed E-state index contributed by atoms with van der Waals surface area (Å²) < 4.78 is 5.01. The van der Waals surface area contributed by atoms with E-state index in [1.165, 1.54) is 0 Å². The van der Waals surface area contributed by atoms with Gasteiger partial charge in [0.05, 0.1) is 11.6 Å². The van der Waals surface area contributed by atoms with Gasteiger partial charge in [-0.15, -0.1) is 0 Å². The first kappa shape index (κ1) is 17.0. The van der Waals surface area contributed by atoms with Crippen LogP contribution in [0.3, 0.4) is 0 Å². The number of nitrogens with one attached hydrogen (secondary N) is 1. The monoisotopic (exact) mass is 331 g/mol. The van der Waals surface area contributed by atoms with Gasteiger partial charge in [0.1, 0.15) is 0 Å². The molecule has 4 nitrogen and oxygen atoms in total. The van der Waals surface area contributed by atoms with Crippen LogP contribution in [0.1, 0.15) is 34.5 Å². The minimum atomic E-state index is -0.515. The van der Waals surface area contributed by atoms with Gasteiger partial charge < -0.3 is 10.1 Å². The number of carbonyl (C=O) groups excluding carboxylic acids is 2. The molecular formula is C18H18ClNO3. The van der Waals surface area contributed by atoms with Gasteiger partial charge in [0.25, 0.3) is 5.91 Å². The minimum absolute atomic E-state index is 0.196. The highest BCUT2D eigenvalue weighted by Crippen LogP contribution is 2.15. The van der Waals surface area contributed by atoms with E-state index in [1.807, 2.05) is 38.1 Å². The Hall–Kier alpha value is -2.33. The third-order valence-electron chi connectivity index (χ3n) is 3.37. The highest BCUT2D eigenvalue weighted by atomic mass is 35.5. The molecule has 0 aromatic heterocycles. The van der Waals surface area contributed by atoms with Gasteiger partial charge in [-0.1, -0.05) is 41.4 Å². The highest BCUT2D eigenvalue weighted by Gasteiger charge is 2.13. The second-order valence-electron chi connectivity index (χ2n) is 5.28. The molecule has 0 spiro atoms. The Morgan fingerprint density at radius 1 is 1.09 bits per heavy atom. The zero-order chi connectivity index (χ0) is 16.8. The Morgan fingerprint density at radius 2 is 1.70 bits per heavy atom. The Kier molecular flexibility index (Phi) is 5.77. The van der Waals surface area contributed by atoms with Crippen molar-refractivity contribution in [2.24, 2.45) is 0 Å². The molecule has 2 aromatic carbocycles. The standard InChI is InChI=1S/C18H18ClNO3/c1-12-3-5-15(6-4-12)18(22)23-11-17(21)20-13(2)14-7-9-16(19)10-8-14/h3-10,13H,11H2,1-2H3,(H,20,21)/t13-/m1/s1. The van der Waals surface area contributed by atoms with E-state index in [0.29, 0.717) is 10.6 Å². The molecule has 120 valence electrons. The number of hydrogen-bond acceptors (Lipinski definition) is 3. The van der Waals surface area contributed by atoms with E-state index in [2.05, 4.69) is 5.32 Å². The topological polar surface area (TPSA) is 55.4 Å². The molecule has 0 aliphatic carbocycles. The van der Waals surface area contributed by atoms with Crippen LogP contribution in [0.2, 0.25) is 5.02 Å². The average molecular weight is 332 g/mol. The molecule has 0 unspecified atom stereocenters. The predicted octanol–water partition coefficient (Wildman–Crippen LogP) is 3.68. The molecule has 1 N–H and O–H groups in total. The van der Waals surface area contributed by atoms with Gasteiger partial charge >= 0.3 is 5.97 Å². The van der Waals surface area contributed by atoms with Gasteiger partial charge in [-0.3, -0.25) is 4.79 Å². The molecule has 23 heavy (non-hydrogen) atoms. The van der Waals surface area contributed by atoms with Crippen molar-refractivity contribution < 1.29 is 14.3 Å². The van der Waals surface area contributed by atoms with Gasteiger partial charge in [-0.25, -0.2) is 4.79 Å². The van der Waals surface area contributed by atoms with Crippen LogP contribution in [0.15, 0.2) is 48.5 Å². The number of ether oxygens (including phenoxy) is 1. The first-order valence-electron chi connectivity index (χ1n) is 7.24. The quantitative estimate of drug-likeness (QED) is 0.850. The van der Waals surface area contributed by atoms with E-state index < -0.39 is 5.97 Å². The van der Waals surface area contributed by atoms with Crippen molar-refractivity contribution in [1.82, 2.24) is 5.32 Å². The minimum Gasteiger partial charge on any atom is -0.452 e. The van der Waals surface area contributed by atoms with Crippen LogP contribution in [-0.4, -0.2) is 18.5 Å². The lowest BCUT2D eigenvalue weighted by molar-refractivity contribution is -0.124. The zero-order valence-corrected chi connectivity index (χ0v) is 13.8. The number of hydrogen-bond donors (Lipinski definition) is 1. The van der Waals surface area contributed by atoms with Crippen molar-refractivity contribution in [3.05, 3.63) is 70.2 Å². The second-order valence-corrected chi connectivity index (χ2v) is 5.72. The summed E-state index contributed by atoms with van der Waals surface area (Å²) in [7, 11) is 0. The van der Waals surface area contributed by atoms with Crippen molar-refractivity contribution in [1.29, 1.82) is 0 Å². The molecule has 0 saturated carbocycles. The summed E-state index contributed by atoms with van der Waals surface area (Å²) in [5, 5.41) is 3.41. The maximum atomic E-state index is 11.9. The Bertz CT molecular complexity index is 680. The lowest BCUT2D eigenvalue weighted by Crippen LogP contribution is -2.31. The number of halogens is 1. The maximum Gasteiger partial charge on any atom is 0.338 e. The van der Waals surface area contributed by atoms with Gasteiger partial charge in [0, 0.05) is 5.02 Å².